The lowest BCUT2D eigenvalue weighted by molar-refractivity contribution is 0.0715. The van der Waals surface area contributed by atoms with Gasteiger partial charge in [-0.1, -0.05) is 0 Å². The number of fused-ring (bicyclic) bond motifs is 4. The minimum Gasteiger partial charge on any atom is -0.459 e. The van der Waals surface area contributed by atoms with Crippen molar-refractivity contribution in [2.45, 2.75) is 25.8 Å². The highest BCUT2D eigenvalue weighted by Gasteiger charge is 2.32. The molecule has 2 unspecified atom stereocenters. The van der Waals surface area contributed by atoms with Crippen LogP contribution in [0, 0.1) is 12.8 Å². The van der Waals surface area contributed by atoms with Crippen LogP contribution in [0.2, 0.25) is 0 Å². The van der Waals surface area contributed by atoms with Crippen molar-refractivity contribution in [3.05, 3.63) is 23.7 Å². The van der Waals surface area contributed by atoms with Crippen LogP contribution in [0.4, 0.5) is 0 Å². The predicted octanol–water partition coefficient (Wildman–Crippen LogP) is 1.41. The smallest absolute Gasteiger partial charge is 0.289 e. The van der Waals surface area contributed by atoms with E-state index in [1.54, 1.807) is 6.26 Å². The first kappa shape index (κ1) is 10.8. The van der Waals surface area contributed by atoms with E-state index in [1.807, 2.05) is 17.9 Å². The summed E-state index contributed by atoms with van der Waals surface area (Å²) in [5.74, 6) is 1.16. The zero-order chi connectivity index (χ0) is 11.8. The molecule has 1 aromatic heterocycles. The minimum atomic E-state index is 0.0492. The van der Waals surface area contributed by atoms with E-state index in [4.69, 9.17) is 4.42 Å². The normalized spacial score (nSPS) is 28.2. The van der Waals surface area contributed by atoms with Gasteiger partial charge in [-0.3, -0.25) is 4.79 Å². The van der Waals surface area contributed by atoms with Crippen LogP contribution in [0.3, 0.4) is 0 Å². The molecule has 3 aliphatic rings. The van der Waals surface area contributed by atoms with E-state index < -0.39 is 0 Å². The lowest BCUT2D eigenvalue weighted by atomic mass is 9.97. The average Bonchev–Trinajstić information content (AvgIpc) is 2.57. The molecule has 0 spiro atoms. The Morgan fingerprint density at radius 1 is 1.47 bits per heavy atom. The van der Waals surface area contributed by atoms with Gasteiger partial charge in [0.05, 0.1) is 6.26 Å². The van der Waals surface area contributed by atoms with Crippen LogP contribution in [0.15, 0.2) is 16.7 Å². The number of rotatable bonds is 1. The molecule has 4 heterocycles. The Hall–Kier alpha value is -1.29. The second-order valence-corrected chi connectivity index (χ2v) is 5.19. The molecule has 2 bridgehead atoms. The first-order valence-corrected chi connectivity index (χ1v) is 6.31. The topological polar surface area (TPSA) is 45.5 Å². The highest BCUT2D eigenvalue weighted by atomic mass is 16.3. The Kier molecular flexibility index (Phi) is 2.67. The lowest BCUT2D eigenvalue weighted by Crippen LogP contribution is -2.40. The van der Waals surface area contributed by atoms with Crippen molar-refractivity contribution < 1.29 is 9.21 Å². The van der Waals surface area contributed by atoms with Gasteiger partial charge in [-0.15, -0.1) is 0 Å². The Labute approximate surface area is 101 Å². The quantitative estimate of drug-likeness (QED) is 0.799. The summed E-state index contributed by atoms with van der Waals surface area (Å²) in [4.78, 5) is 14.3. The number of hydrogen-bond acceptors (Lipinski definition) is 3. The van der Waals surface area contributed by atoms with E-state index in [2.05, 4.69) is 5.32 Å². The van der Waals surface area contributed by atoms with E-state index >= 15 is 0 Å². The average molecular weight is 234 g/mol. The van der Waals surface area contributed by atoms with Crippen LogP contribution in [0.1, 0.15) is 29.0 Å². The third-order valence-corrected chi connectivity index (χ3v) is 3.88. The molecule has 2 atom stereocenters. The van der Waals surface area contributed by atoms with Crippen LogP contribution in [-0.4, -0.2) is 36.5 Å². The van der Waals surface area contributed by atoms with Crippen LogP contribution >= 0.6 is 0 Å². The molecule has 3 aliphatic heterocycles. The molecule has 0 radical (unpaired) electrons. The Morgan fingerprint density at radius 2 is 2.35 bits per heavy atom. The molecular formula is C13H18N2O2. The van der Waals surface area contributed by atoms with Crippen molar-refractivity contribution in [1.82, 2.24) is 10.2 Å². The number of nitrogens with zero attached hydrogens (tertiary/aromatic N) is 1. The summed E-state index contributed by atoms with van der Waals surface area (Å²) in [5, 5.41) is 3.50. The number of amides is 1. The van der Waals surface area contributed by atoms with E-state index in [1.165, 1.54) is 12.8 Å². The number of furan rings is 1. The Bertz CT molecular complexity index is 405. The SMILES string of the molecule is Cc1ccoc1C(=O)N1CC2CCC(C1)NC2. The zero-order valence-corrected chi connectivity index (χ0v) is 10.1. The van der Waals surface area contributed by atoms with Crippen LogP contribution < -0.4 is 5.32 Å². The van der Waals surface area contributed by atoms with E-state index in [9.17, 15) is 4.79 Å². The van der Waals surface area contributed by atoms with Crippen LogP contribution in [0.25, 0.3) is 0 Å². The van der Waals surface area contributed by atoms with Gasteiger partial charge in [-0.05, 0) is 38.3 Å². The van der Waals surface area contributed by atoms with Crippen molar-refractivity contribution in [3.8, 4) is 0 Å². The first-order chi connectivity index (χ1) is 8.24. The summed E-state index contributed by atoms with van der Waals surface area (Å²) in [5.41, 5.74) is 0.930. The molecule has 4 rings (SSSR count). The maximum Gasteiger partial charge on any atom is 0.289 e. The number of piperidine rings is 1. The van der Waals surface area contributed by atoms with Gasteiger partial charge in [0.1, 0.15) is 0 Å². The predicted molar refractivity (Wildman–Crippen MR) is 63.9 cm³/mol. The second-order valence-electron chi connectivity index (χ2n) is 5.19. The molecule has 4 heteroatoms. The fourth-order valence-electron chi connectivity index (χ4n) is 2.84. The van der Waals surface area contributed by atoms with Gasteiger partial charge in [-0.2, -0.15) is 0 Å². The Morgan fingerprint density at radius 3 is 3.00 bits per heavy atom. The van der Waals surface area contributed by atoms with Crippen molar-refractivity contribution in [2.24, 2.45) is 5.92 Å². The molecule has 1 amide bonds. The minimum absolute atomic E-state index is 0.0492. The van der Waals surface area contributed by atoms with Crippen molar-refractivity contribution >= 4 is 5.91 Å². The van der Waals surface area contributed by atoms with E-state index in [-0.39, 0.29) is 5.91 Å². The molecule has 0 saturated carbocycles. The fourth-order valence-corrected chi connectivity index (χ4v) is 2.84. The van der Waals surface area contributed by atoms with Gasteiger partial charge in [0, 0.05) is 24.7 Å². The highest BCUT2D eigenvalue weighted by molar-refractivity contribution is 5.92. The summed E-state index contributed by atoms with van der Waals surface area (Å²) in [6.07, 6.45) is 4.01. The summed E-state index contributed by atoms with van der Waals surface area (Å²) in [7, 11) is 0. The monoisotopic (exact) mass is 234 g/mol. The van der Waals surface area contributed by atoms with Gasteiger partial charge in [0.2, 0.25) is 0 Å². The molecule has 3 fully saturated rings. The standard InChI is InChI=1S/C13H18N2O2/c1-9-4-5-17-12(9)13(16)15-7-10-2-3-11(8-15)14-6-10/h4-5,10-11,14H,2-3,6-8H2,1H3. The van der Waals surface area contributed by atoms with Gasteiger partial charge in [-0.25, -0.2) is 0 Å². The lowest BCUT2D eigenvalue weighted by Gasteiger charge is -2.22. The van der Waals surface area contributed by atoms with Crippen LogP contribution in [0.5, 0.6) is 0 Å². The van der Waals surface area contributed by atoms with Crippen molar-refractivity contribution in [3.63, 3.8) is 0 Å². The van der Waals surface area contributed by atoms with Crippen molar-refractivity contribution in [1.29, 1.82) is 0 Å². The number of nitrogens with one attached hydrogen (secondary N) is 1. The summed E-state index contributed by atoms with van der Waals surface area (Å²) in [6.45, 7) is 4.64. The molecule has 0 aliphatic carbocycles. The molecule has 4 nitrogen and oxygen atoms in total. The number of carbonyl (C=O) groups is 1. The number of hydrogen-bond donors (Lipinski definition) is 1. The number of aryl methyl sites for hydroxylation is 1. The molecule has 92 valence electrons. The number of carbonyl (C=O) groups excluding carboxylic acids is 1. The maximum absolute atomic E-state index is 12.4. The third kappa shape index (κ3) is 1.97. The molecule has 1 aromatic rings. The molecule has 3 saturated heterocycles. The maximum atomic E-state index is 12.4. The van der Waals surface area contributed by atoms with Gasteiger partial charge >= 0.3 is 0 Å². The summed E-state index contributed by atoms with van der Waals surface area (Å²) >= 11 is 0. The van der Waals surface area contributed by atoms with Crippen LogP contribution in [-0.2, 0) is 0 Å². The Balaban J connectivity index is 1.80. The van der Waals surface area contributed by atoms with Gasteiger partial charge in [0.15, 0.2) is 5.76 Å². The van der Waals surface area contributed by atoms with E-state index in [0.29, 0.717) is 17.7 Å². The molecule has 17 heavy (non-hydrogen) atoms. The second kappa shape index (κ2) is 4.18. The van der Waals surface area contributed by atoms with Gasteiger partial charge < -0.3 is 14.6 Å². The fraction of sp³-hybridized carbons (Fsp3) is 0.615. The van der Waals surface area contributed by atoms with Crippen molar-refractivity contribution in [2.75, 3.05) is 19.6 Å². The van der Waals surface area contributed by atoms with Gasteiger partial charge in [0.25, 0.3) is 5.91 Å². The molecule has 1 N–H and O–H groups in total. The van der Waals surface area contributed by atoms with E-state index in [0.717, 1.165) is 25.2 Å². The third-order valence-electron chi connectivity index (χ3n) is 3.88. The summed E-state index contributed by atoms with van der Waals surface area (Å²) < 4.78 is 5.30. The first-order valence-electron chi connectivity index (χ1n) is 6.31. The zero-order valence-electron chi connectivity index (χ0n) is 10.1. The highest BCUT2D eigenvalue weighted by Crippen LogP contribution is 2.23. The summed E-state index contributed by atoms with van der Waals surface area (Å²) in [6, 6.07) is 2.31. The largest absolute Gasteiger partial charge is 0.459 e. The molecule has 0 aromatic carbocycles. The molecular weight excluding hydrogens is 216 g/mol.